The molecule has 0 atom stereocenters. The van der Waals surface area contributed by atoms with E-state index in [1.165, 1.54) is 19.3 Å². The van der Waals surface area contributed by atoms with Crippen LogP contribution in [0.1, 0.15) is 49.9 Å². The Morgan fingerprint density at radius 2 is 2.05 bits per heavy atom. The molecule has 4 heteroatoms. The molecule has 0 aliphatic rings. The second-order valence-corrected chi connectivity index (χ2v) is 4.48. The van der Waals surface area contributed by atoms with Gasteiger partial charge in [0, 0.05) is 6.54 Å². The van der Waals surface area contributed by atoms with Gasteiger partial charge in [-0.1, -0.05) is 32.3 Å². The van der Waals surface area contributed by atoms with Crippen LogP contribution in [0.3, 0.4) is 0 Å². The van der Waals surface area contributed by atoms with Gasteiger partial charge in [-0.15, -0.1) is 0 Å². The summed E-state index contributed by atoms with van der Waals surface area (Å²) in [5, 5.41) is 3.25. The van der Waals surface area contributed by atoms with Gasteiger partial charge in [0.2, 0.25) is 0 Å². The van der Waals surface area contributed by atoms with E-state index in [-0.39, 0.29) is 5.97 Å². The monoisotopic (exact) mass is 264 g/mol. The molecule has 1 rings (SSSR count). The SMILES string of the molecule is CCCCCCNc1c(N)cccc1C(=O)OCC. The fourth-order valence-corrected chi connectivity index (χ4v) is 1.91. The maximum absolute atomic E-state index is 11.8. The minimum Gasteiger partial charge on any atom is -0.462 e. The Morgan fingerprint density at radius 3 is 2.74 bits per heavy atom. The first-order chi connectivity index (χ1) is 9.20. The number of unbranched alkanes of at least 4 members (excludes halogenated alkanes) is 3. The summed E-state index contributed by atoms with van der Waals surface area (Å²) in [6, 6.07) is 5.30. The first-order valence-electron chi connectivity index (χ1n) is 7.00. The van der Waals surface area contributed by atoms with E-state index in [4.69, 9.17) is 10.5 Å². The summed E-state index contributed by atoms with van der Waals surface area (Å²) in [6.07, 6.45) is 4.70. The Labute approximate surface area is 115 Å². The topological polar surface area (TPSA) is 64.3 Å². The van der Waals surface area contributed by atoms with Gasteiger partial charge in [-0.25, -0.2) is 4.79 Å². The number of nitrogens with two attached hydrogens (primary N) is 1. The van der Waals surface area contributed by atoms with Gasteiger partial charge in [-0.2, -0.15) is 0 Å². The molecule has 0 radical (unpaired) electrons. The van der Waals surface area contributed by atoms with Crippen molar-refractivity contribution >= 4 is 17.3 Å². The average Bonchev–Trinajstić information content (AvgIpc) is 2.40. The van der Waals surface area contributed by atoms with Crippen LogP contribution in [0.25, 0.3) is 0 Å². The highest BCUT2D eigenvalue weighted by Gasteiger charge is 2.14. The highest BCUT2D eigenvalue weighted by Crippen LogP contribution is 2.24. The van der Waals surface area contributed by atoms with Crippen LogP contribution in [0.4, 0.5) is 11.4 Å². The molecule has 0 aliphatic heterocycles. The molecule has 0 unspecified atom stereocenters. The number of carbonyl (C=O) groups excluding carboxylic acids is 1. The van der Waals surface area contributed by atoms with Crippen LogP contribution < -0.4 is 11.1 Å². The summed E-state index contributed by atoms with van der Waals surface area (Å²) >= 11 is 0. The van der Waals surface area contributed by atoms with E-state index in [9.17, 15) is 4.79 Å². The van der Waals surface area contributed by atoms with Gasteiger partial charge in [0.15, 0.2) is 0 Å². The number of hydrogen-bond acceptors (Lipinski definition) is 4. The van der Waals surface area contributed by atoms with E-state index in [2.05, 4.69) is 12.2 Å². The van der Waals surface area contributed by atoms with E-state index < -0.39 is 0 Å². The zero-order valence-electron chi connectivity index (χ0n) is 11.9. The fraction of sp³-hybridized carbons (Fsp3) is 0.533. The summed E-state index contributed by atoms with van der Waals surface area (Å²) in [4.78, 5) is 11.8. The highest BCUT2D eigenvalue weighted by molar-refractivity contribution is 5.98. The number of carbonyl (C=O) groups is 1. The van der Waals surface area contributed by atoms with Crippen molar-refractivity contribution in [3.8, 4) is 0 Å². The third-order valence-corrected chi connectivity index (χ3v) is 2.92. The average molecular weight is 264 g/mol. The van der Waals surface area contributed by atoms with Crippen LogP contribution in [0.5, 0.6) is 0 Å². The molecule has 0 saturated heterocycles. The Balaban J connectivity index is 2.67. The molecule has 19 heavy (non-hydrogen) atoms. The van der Waals surface area contributed by atoms with Gasteiger partial charge in [0.25, 0.3) is 0 Å². The van der Waals surface area contributed by atoms with E-state index in [1.54, 1.807) is 25.1 Å². The second kappa shape index (κ2) is 8.40. The summed E-state index contributed by atoms with van der Waals surface area (Å²) in [5.74, 6) is -0.328. The number of nitrogens with one attached hydrogen (secondary N) is 1. The largest absolute Gasteiger partial charge is 0.462 e. The molecular weight excluding hydrogens is 240 g/mol. The van der Waals surface area contributed by atoms with Crippen molar-refractivity contribution < 1.29 is 9.53 Å². The molecule has 0 aromatic heterocycles. The maximum atomic E-state index is 11.8. The first kappa shape index (κ1) is 15.3. The molecule has 1 aromatic carbocycles. The van der Waals surface area contributed by atoms with Crippen molar-refractivity contribution in [2.75, 3.05) is 24.2 Å². The Morgan fingerprint density at radius 1 is 1.26 bits per heavy atom. The minimum atomic E-state index is -0.328. The summed E-state index contributed by atoms with van der Waals surface area (Å²) in [5.41, 5.74) is 7.71. The Bertz CT molecular complexity index is 405. The number of esters is 1. The van der Waals surface area contributed by atoms with Crippen LogP contribution in [0.2, 0.25) is 0 Å². The molecule has 0 saturated carbocycles. The van der Waals surface area contributed by atoms with E-state index >= 15 is 0 Å². The van der Waals surface area contributed by atoms with Crippen LogP contribution >= 0.6 is 0 Å². The molecule has 0 heterocycles. The van der Waals surface area contributed by atoms with Crippen molar-refractivity contribution in [1.82, 2.24) is 0 Å². The fourth-order valence-electron chi connectivity index (χ4n) is 1.91. The summed E-state index contributed by atoms with van der Waals surface area (Å²) in [7, 11) is 0. The smallest absolute Gasteiger partial charge is 0.340 e. The standard InChI is InChI=1S/C15H24N2O2/c1-3-5-6-7-11-17-14-12(15(18)19-4-2)9-8-10-13(14)16/h8-10,17H,3-7,11,16H2,1-2H3. The predicted molar refractivity (Wildman–Crippen MR) is 79.4 cm³/mol. The lowest BCUT2D eigenvalue weighted by Gasteiger charge is -2.13. The minimum absolute atomic E-state index is 0.328. The van der Waals surface area contributed by atoms with Crippen molar-refractivity contribution in [1.29, 1.82) is 0 Å². The zero-order valence-corrected chi connectivity index (χ0v) is 11.9. The third-order valence-electron chi connectivity index (χ3n) is 2.92. The summed E-state index contributed by atoms with van der Waals surface area (Å²) < 4.78 is 5.03. The molecule has 0 aliphatic carbocycles. The van der Waals surface area contributed by atoms with E-state index in [0.29, 0.717) is 23.5 Å². The molecule has 1 aromatic rings. The molecular formula is C15H24N2O2. The second-order valence-electron chi connectivity index (χ2n) is 4.48. The third kappa shape index (κ3) is 4.81. The first-order valence-corrected chi connectivity index (χ1v) is 7.00. The molecule has 4 nitrogen and oxygen atoms in total. The molecule has 0 bridgehead atoms. The van der Waals surface area contributed by atoms with Crippen LogP contribution in [0, 0.1) is 0 Å². The van der Waals surface area contributed by atoms with Crippen molar-refractivity contribution in [3.63, 3.8) is 0 Å². The number of anilines is 2. The Hall–Kier alpha value is -1.71. The number of benzene rings is 1. The lowest BCUT2D eigenvalue weighted by molar-refractivity contribution is 0.0527. The van der Waals surface area contributed by atoms with Gasteiger partial charge >= 0.3 is 5.97 Å². The number of ether oxygens (including phenoxy) is 1. The van der Waals surface area contributed by atoms with Gasteiger partial charge in [-0.05, 0) is 25.5 Å². The molecule has 0 amide bonds. The number of nitrogen functional groups attached to an aromatic ring is 1. The van der Waals surface area contributed by atoms with Crippen molar-refractivity contribution in [2.24, 2.45) is 0 Å². The predicted octanol–water partition coefficient (Wildman–Crippen LogP) is 3.44. The van der Waals surface area contributed by atoms with Crippen LogP contribution in [0.15, 0.2) is 18.2 Å². The zero-order chi connectivity index (χ0) is 14.1. The molecule has 3 N–H and O–H groups in total. The number of hydrogen-bond donors (Lipinski definition) is 2. The van der Waals surface area contributed by atoms with E-state index in [1.807, 2.05) is 0 Å². The molecule has 0 fully saturated rings. The van der Waals surface area contributed by atoms with Crippen molar-refractivity contribution in [3.05, 3.63) is 23.8 Å². The number of rotatable bonds is 8. The van der Waals surface area contributed by atoms with Gasteiger partial charge in [-0.3, -0.25) is 0 Å². The van der Waals surface area contributed by atoms with Gasteiger partial charge in [0.1, 0.15) is 0 Å². The normalized spacial score (nSPS) is 10.2. The highest BCUT2D eigenvalue weighted by atomic mass is 16.5. The van der Waals surface area contributed by atoms with Crippen molar-refractivity contribution in [2.45, 2.75) is 39.5 Å². The molecule has 0 spiro atoms. The lowest BCUT2D eigenvalue weighted by atomic mass is 10.1. The summed E-state index contributed by atoms with van der Waals surface area (Å²) in [6.45, 7) is 5.16. The van der Waals surface area contributed by atoms with Crippen LogP contribution in [-0.2, 0) is 4.74 Å². The van der Waals surface area contributed by atoms with Gasteiger partial charge < -0.3 is 15.8 Å². The lowest BCUT2D eigenvalue weighted by Crippen LogP contribution is -2.12. The van der Waals surface area contributed by atoms with Crippen LogP contribution in [-0.4, -0.2) is 19.1 Å². The maximum Gasteiger partial charge on any atom is 0.340 e. The van der Waals surface area contributed by atoms with E-state index in [0.717, 1.165) is 13.0 Å². The molecule has 106 valence electrons. The van der Waals surface area contributed by atoms with Gasteiger partial charge in [0.05, 0.1) is 23.5 Å². The Kier molecular flexibility index (Phi) is 6.79. The quantitative estimate of drug-likeness (QED) is 0.429. The number of para-hydroxylation sites is 1.